The van der Waals surface area contributed by atoms with E-state index in [9.17, 15) is 0 Å². The van der Waals surface area contributed by atoms with Crippen LogP contribution in [0.1, 0.15) is 28.2 Å². The van der Waals surface area contributed by atoms with Gasteiger partial charge in [0.2, 0.25) is 0 Å². The molecule has 2 heterocycles. The summed E-state index contributed by atoms with van der Waals surface area (Å²) in [5.74, 6) is 0. The molecule has 18 heavy (non-hydrogen) atoms. The zero-order valence-electron chi connectivity index (χ0n) is 10.8. The van der Waals surface area contributed by atoms with Crippen molar-refractivity contribution in [2.24, 2.45) is 7.05 Å². The van der Waals surface area contributed by atoms with E-state index >= 15 is 0 Å². The van der Waals surface area contributed by atoms with E-state index < -0.39 is 0 Å². The Hall–Kier alpha value is -0.910. The zero-order chi connectivity index (χ0) is 13.1. The Bertz CT molecular complexity index is 532. The molecule has 0 atom stereocenters. The molecule has 0 amide bonds. The van der Waals surface area contributed by atoms with Gasteiger partial charge in [0.15, 0.2) is 0 Å². The highest BCUT2D eigenvalue weighted by atomic mass is 35.5. The highest BCUT2D eigenvalue weighted by molar-refractivity contribution is 7.11. The Morgan fingerprint density at radius 1 is 1.44 bits per heavy atom. The number of nitrogens with one attached hydrogen (secondary N) is 1. The molecule has 0 aliphatic carbocycles. The molecule has 0 fully saturated rings. The van der Waals surface area contributed by atoms with Crippen molar-refractivity contribution >= 4 is 22.9 Å². The Kier molecular flexibility index (Phi) is 4.37. The number of rotatable bonds is 5. The number of thiazole rings is 1. The highest BCUT2D eigenvalue weighted by Gasteiger charge is 2.12. The van der Waals surface area contributed by atoms with Gasteiger partial charge in [0.1, 0.15) is 0 Å². The first kappa shape index (κ1) is 13.5. The summed E-state index contributed by atoms with van der Waals surface area (Å²) in [4.78, 5) is 5.47. The van der Waals surface area contributed by atoms with Gasteiger partial charge in [-0.25, -0.2) is 4.98 Å². The molecule has 6 heteroatoms. The summed E-state index contributed by atoms with van der Waals surface area (Å²) in [6, 6.07) is 0. The van der Waals surface area contributed by atoms with Gasteiger partial charge in [-0.1, -0.05) is 18.5 Å². The molecule has 98 valence electrons. The third-order valence-electron chi connectivity index (χ3n) is 2.76. The average Bonchev–Trinajstić information content (AvgIpc) is 2.86. The van der Waals surface area contributed by atoms with Gasteiger partial charge >= 0.3 is 0 Å². The minimum absolute atomic E-state index is 0.722. The predicted octanol–water partition coefficient (Wildman–Crippen LogP) is 2.69. The number of aromatic nitrogens is 3. The lowest BCUT2D eigenvalue weighted by Gasteiger charge is -2.04. The summed E-state index contributed by atoms with van der Waals surface area (Å²) in [5.41, 5.74) is 2.00. The third kappa shape index (κ3) is 2.91. The summed E-state index contributed by atoms with van der Waals surface area (Å²) >= 11 is 7.99. The summed E-state index contributed by atoms with van der Waals surface area (Å²) in [5, 5.41) is 9.65. The fraction of sp³-hybridized carbons (Fsp3) is 0.500. The van der Waals surface area contributed by atoms with Gasteiger partial charge in [0.05, 0.1) is 21.4 Å². The summed E-state index contributed by atoms with van der Waals surface area (Å²) in [7, 11) is 1.93. The fourth-order valence-electron chi connectivity index (χ4n) is 1.80. The highest BCUT2D eigenvalue weighted by Crippen LogP contribution is 2.20. The monoisotopic (exact) mass is 284 g/mol. The van der Waals surface area contributed by atoms with Crippen molar-refractivity contribution in [3.8, 4) is 0 Å². The first-order valence-corrected chi connectivity index (χ1v) is 7.13. The van der Waals surface area contributed by atoms with Crippen molar-refractivity contribution in [3.05, 3.63) is 32.5 Å². The Morgan fingerprint density at radius 2 is 2.22 bits per heavy atom. The van der Waals surface area contributed by atoms with E-state index in [1.54, 1.807) is 11.3 Å². The third-order valence-corrected chi connectivity index (χ3v) is 4.11. The first-order valence-electron chi connectivity index (χ1n) is 5.94. The van der Waals surface area contributed by atoms with E-state index in [0.29, 0.717) is 0 Å². The number of halogens is 1. The van der Waals surface area contributed by atoms with Crippen LogP contribution in [0.25, 0.3) is 0 Å². The quantitative estimate of drug-likeness (QED) is 0.918. The second kappa shape index (κ2) is 5.82. The van der Waals surface area contributed by atoms with Gasteiger partial charge in [-0.3, -0.25) is 4.68 Å². The van der Waals surface area contributed by atoms with Gasteiger partial charge < -0.3 is 5.32 Å². The van der Waals surface area contributed by atoms with E-state index in [4.69, 9.17) is 11.6 Å². The lowest BCUT2D eigenvalue weighted by Crippen LogP contribution is -2.14. The van der Waals surface area contributed by atoms with Gasteiger partial charge in [-0.05, 0) is 13.3 Å². The molecule has 1 N–H and O–H groups in total. The van der Waals surface area contributed by atoms with Crippen LogP contribution in [0.3, 0.4) is 0 Å². The SMILES string of the molecule is CCc1nn(C)c(CNCc2cnc(C)s2)c1Cl. The summed E-state index contributed by atoms with van der Waals surface area (Å²) < 4.78 is 1.85. The van der Waals surface area contributed by atoms with Gasteiger partial charge in [-0.15, -0.1) is 11.3 Å². The summed E-state index contributed by atoms with van der Waals surface area (Å²) in [6.07, 6.45) is 2.77. The van der Waals surface area contributed by atoms with Gasteiger partial charge in [0.25, 0.3) is 0 Å². The average molecular weight is 285 g/mol. The largest absolute Gasteiger partial charge is 0.306 e. The molecule has 0 radical (unpaired) electrons. The van der Waals surface area contributed by atoms with E-state index in [1.165, 1.54) is 4.88 Å². The standard InChI is InChI=1S/C12H17ClN4S/c1-4-10-12(13)11(17(3)16-10)7-14-5-9-6-15-8(2)18-9/h6,14H,4-5,7H2,1-3H3. The van der Waals surface area contributed by atoms with Crippen molar-refractivity contribution in [2.45, 2.75) is 33.4 Å². The van der Waals surface area contributed by atoms with Crippen LogP contribution in [-0.4, -0.2) is 14.8 Å². The molecule has 2 aromatic heterocycles. The second-order valence-electron chi connectivity index (χ2n) is 4.13. The number of hydrogen-bond acceptors (Lipinski definition) is 4. The first-order chi connectivity index (χ1) is 8.61. The topological polar surface area (TPSA) is 42.7 Å². The number of aryl methyl sites for hydroxylation is 3. The second-order valence-corrected chi connectivity index (χ2v) is 5.83. The van der Waals surface area contributed by atoms with Crippen LogP contribution in [0, 0.1) is 6.92 Å². The van der Waals surface area contributed by atoms with Crippen molar-refractivity contribution < 1.29 is 0 Å². The van der Waals surface area contributed by atoms with Crippen LogP contribution in [0.2, 0.25) is 5.02 Å². The normalized spacial score (nSPS) is 11.1. The molecule has 2 rings (SSSR count). The number of nitrogens with zero attached hydrogens (tertiary/aromatic N) is 3. The van der Waals surface area contributed by atoms with Crippen LogP contribution >= 0.6 is 22.9 Å². The molecule has 0 aliphatic heterocycles. The maximum Gasteiger partial charge on any atom is 0.0897 e. The molecule has 0 aromatic carbocycles. The molecule has 0 aliphatic rings. The van der Waals surface area contributed by atoms with Crippen LogP contribution in [0.4, 0.5) is 0 Å². The van der Waals surface area contributed by atoms with Crippen LogP contribution < -0.4 is 5.32 Å². The number of hydrogen-bond donors (Lipinski definition) is 1. The van der Waals surface area contributed by atoms with E-state index in [0.717, 1.165) is 40.9 Å². The fourth-order valence-corrected chi connectivity index (χ4v) is 2.93. The Labute approximate surface area is 116 Å². The molecule has 0 unspecified atom stereocenters. The maximum absolute atomic E-state index is 6.28. The Balaban J connectivity index is 1.96. The minimum Gasteiger partial charge on any atom is -0.306 e. The minimum atomic E-state index is 0.722. The maximum atomic E-state index is 6.28. The molecular formula is C12H17ClN4S. The lowest BCUT2D eigenvalue weighted by molar-refractivity contribution is 0.626. The van der Waals surface area contributed by atoms with Gasteiger partial charge in [-0.2, -0.15) is 5.10 Å². The predicted molar refractivity (Wildman–Crippen MR) is 75.0 cm³/mol. The van der Waals surface area contributed by atoms with Crippen molar-refractivity contribution in [2.75, 3.05) is 0 Å². The van der Waals surface area contributed by atoms with Crippen molar-refractivity contribution in [3.63, 3.8) is 0 Å². The van der Waals surface area contributed by atoms with Crippen molar-refractivity contribution in [1.82, 2.24) is 20.1 Å². The smallest absolute Gasteiger partial charge is 0.0897 e. The molecule has 0 spiro atoms. The molecule has 0 bridgehead atoms. The summed E-state index contributed by atoms with van der Waals surface area (Å²) in [6.45, 7) is 5.61. The molecular weight excluding hydrogens is 268 g/mol. The molecule has 0 saturated heterocycles. The van der Waals surface area contributed by atoms with E-state index in [1.807, 2.05) is 24.9 Å². The molecule has 4 nitrogen and oxygen atoms in total. The zero-order valence-corrected chi connectivity index (χ0v) is 12.4. The molecule has 0 saturated carbocycles. The Morgan fingerprint density at radius 3 is 2.78 bits per heavy atom. The van der Waals surface area contributed by atoms with E-state index in [2.05, 4.69) is 22.3 Å². The lowest BCUT2D eigenvalue weighted by atomic mass is 10.3. The van der Waals surface area contributed by atoms with Crippen LogP contribution in [-0.2, 0) is 26.6 Å². The van der Waals surface area contributed by atoms with Gasteiger partial charge in [0, 0.05) is 31.2 Å². The molecule has 2 aromatic rings. The van der Waals surface area contributed by atoms with Crippen molar-refractivity contribution in [1.29, 1.82) is 0 Å². The van der Waals surface area contributed by atoms with Crippen LogP contribution in [0.5, 0.6) is 0 Å². The van der Waals surface area contributed by atoms with Crippen LogP contribution in [0.15, 0.2) is 6.20 Å². The van der Waals surface area contributed by atoms with E-state index in [-0.39, 0.29) is 0 Å².